The van der Waals surface area contributed by atoms with E-state index in [1.807, 2.05) is 6.08 Å². The van der Waals surface area contributed by atoms with Gasteiger partial charge in [-0.3, -0.25) is 0 Å². The summed E-state index contributed by atoms with van der Waals surface area (Å²) in [6.45, 7) is 9.50. The van der Waals surface area contributed by atoms with Crippen molar-refractivity contribution in [2.75, 3.05) is 19.8 Å². The van der Waals surface area contributed by atoms with Crippen molar-refractivity contribution in [3.05, 3.63) is 25.3 Å². The van der Waals surface area contributed by atoms with E-state index in [0.717, 1.165) is 12.8 Å². The molecule has 0 bridgehead atoms. The summed E-state index contributed by atoms with van der Waals surface area (Å²) in [5.74, 6) is 0. The van der Waals surface area contributed by atoms with Gasteiger partial charge in [0, 0.05) is 5.41 Å². The average molecular weight is 210 g/mol. The first-order valence-corrected chi connectivity index (χ1v) is 5.38. The van der Waals surface area contributed by atoms with Crippen LogP contribution in [0.15, 0.2) is 25.3 Å². The smallest absolute Gasteiger partial charge is 0.176 e. The van der Waals surface area contributed by atoms with Crippen molar-refractivity contribution in [2.45, 2.75) is 25.2 Å². The molecule has 0 aromatic heterocycles. The summed E-state index contributed by atoms with van der Waals surface area (Å²) >= 11 is 0. The number of hydrogen-bond donors (Lipinski definition) is 0. The predicted octanol–water partition coefficient (Wildman–Crippen LogP) is 1.90. The van der Waals surface area contributed by atoms with Gasteiger partial charge in [0.2, 0.25) is 0 Å². The van der Waals surface area contributed by atoms with Gasteiger partial charge in [-0.05, 0) is 18.9 Å². The zero-order valence-corrected chi connectivity index (χ0v) is 8.98. The highest BCUT2D eigenvalue weighted by Gasteiger charge is 2.39. The van der Waals surface area contributed by atoms with Gasteiger partial charge in [0.15, 0.2) is 6.29 Å². The van der Waals surface area contributed by atoms with Gasteiger partial charge in [-0.1, -0.05) is 12.7 Å². The first kappa shape index (κ1) is 10.9. The van der Waals surface area contributed by atoms with Gasteiger partial charge in [-0.25, -0.2) is 0 Å². The van der Waals surface area contributed by atoms with Crippen molar-refractivity contribution in [3.8, 4) is 0 Å². The Balaban J connectivity index is 1.88. The molecule has 2 heterocycles. The Labute approximate surface area is 90.7 Å². The van der Waals surface area contributed by atoms with E-state index in [-0.39, 0.29) is 17.8 Å². The molecule has 3 nitrogen and oxygen atoms in total. The van der Waals surface area contributed by atoms with E-state index >= 15 is 0 Å². The Bertz CT molecular complexity index is 204. The quantitative estimate of drug-likeness (QED) is 0.651. The van der Waals surface area contributed by atoms with Crippen molar-refractivity contribution < 1.29 is 14.2 Å². The molecule has 0 amide bonds. The zero-order valence-electron chi connectivity index (χ0n) is 8.98. The first-order chi connectivity index (χ1) is 7.28. The van der Waals surface area contributed by atoms with Crippen LogP contribution in [0.25, 0.3) is 0 Å². The Hall–Kier alpha value is -0.640. The minimum absolute atomic E-state index is 0.0546. The fourth-order valence-corrected chi connectivity index (χ4v) is 2.05. The summed E-state index contributed by atoms with van der Waals surface area (Å²) in [6.07, 6.45) is 5.59. The van der Waals surface area contributed by atoms with Crippen LogP contribution in [0.2, 0.25) is 0 Å². The fourth-order valence-electron chi connectivity index (χ4n) is 2.05. The SMILES string of the molecule is C=CC1CCC2(CO1)COC(C=C)OC2. The number of ether oxygens (including phenoxy) is 3. The van der Waals surface area contributed by atoms with Crippen molar-refractivity contribution in [1.29, 1.82) is 0 Å². The van der Waals surface area contributed by atoms with E-state index in [1.165, 1.54) is 0 Å². The van der Waals surface area contributed by atoms with Crippen LogP contribution in [0.3, 0.4) is 0 Å². The van der Waals surface area contributed by atoms with E-state index in [1.54, 1.807) is 6.08 Å². The second-order valence-corrected chi connectivity index (χ2v) is 4.35. The third-order valence-corrected chi connectivity index (χ3v) is 3.13. The molecule has 0 aliphatic carbocycles. The van der Waals surface area contributed by atoms with E-state index in [4.69, 9.17) is 14.2 Å². The molecule has 0 saturated carbocycles. The van der Waals surface area contributed by atoms with E-state index in [2.05, 4.69) is 13.2 Å². The first-order valence-electron chi connectivity index (χ1n) is 5.38. The molecule has 2 fully saturated rings. The maximum absolute atomic E-state index is 5.69. The van der Waals surface area contributed by atoms with Crippen LogP contribution < -0.4 is 0 Å². The van der Waals surface area contributed by atoms with Gasteiger partial charge in [-0.15, -0.1) is 6.58 Å². The maximum atomic E-state index is 5.69. The normalized spacial score (nSPS) is 41.3. The summed E-state index contributed by atoms with van der Waals surface area (Å²) in [4.78, 5) is 0. The van der Waals surface area contributed by atoms with Crippen LogP contribution in [0.1, 0.15) is 12.8 Å². The second kappa shape index (κ2) is 4.47. The molecule has 2 rings (SSSR count). The number of hydrogen-bond acceptors (Lipinski definition) is 3. The molecule has 0 aromatic rings. The fraction of sp³-hybridized carbons (Fsp3) is 0.667. The van der Waals surface area contributed by atoms with Crippen LogP contribution >= 0.6 is 0 Å². The Morgan fingerprint density at radius 2 is 1.67 bits per heavy atom. The van der Waals surface area contributed by atoms with Gasteiger partial charge in [0.25, 0.3) is 0 Å². The lowest BCUT2D eigenvalue weighted by atomic mass is 9.82. The highest BCUT2D eigenvalue weighted by Crippen LogP contribution is 2.35. The molecule has 1 atom stereocenters. The minimum Gasteiger partial charge on any atom is -0.373 e. The highest BCUT2D eigenvalue weighted by atomic mass is 16.7. The molecule has 2 saturated heterocycles. The van der Waals surface area contributed by atoms with Gasteiger partial charge in [-0.2, -0.15) is 0 Å². The summed E-state index contributed by atoms with van der Waals surface area (Å²) in [5.41, 5.74) is 0.0546. The minimum atomic E-state index is -0.243. The Kier molecular flexibility index (Phi) is 3.24. The van der Waals surface area contributed by atoms with Crippen molar-refractivity contribution in [3.63, 3.8) is 0 Å². The Morgan fingerprint density at radius 3 is 2.13 bits per heavy atom. The molecule has 84 valence electrons. The standard InChI is InChI=1S/C12H18O3/c1-3-10-5-6-12(7-13-10)8-14-11(4-2)15-9-12/h3-4,10-11H,1-2,5-9H2. The molecule has 1 spiro atoms. The maximum Gasteiger partial charge on any atom is 0.176 e. The molecule has 2 aliphatic rings. The summed E-state index contributed by atoms with van der Waals surface area (Å²) in [6, 6.07) is 0. The second-order valence-electron chi connectivity index (χ2n) is 4.35. The van der Waals surface area contributed by atoms with Crippen LogP contribution in [0.5, 0.6) is 0 Å². The predicted molar refractivity (Wildman–Crippen MR) is 57.5 cm³/mol. The van der Waals surface area contributed by atoms with Crippen molar-refractivity contribution >= 4 is 0 Å². The molecular formula is C12H18O3. The Morgan fingerprint density at radius 1 is 1.00 bits per heavy atom. The monoisotopic (exact) mass is 210 g/mol. The van der Waals surface area contributed by atoms with Crippen molar-refractivity contribution in [1.82, 2.24) is 0 Å². The third kappa shape index (κ3) is 2.30. The van der Waals surface area contributed by atoms with E-state index < -0.39 is 0 Å². The summed E-state index contributed by atoms with van der Waals surface area (Å²) < 4.78 is 16.8. The van der Waals surface area contributed by atoms with Crippen molar-refractivity contribution in [2.24, 2.45) is 5.41 Å². The van der Waals surface area contributed by atoms with E-state index in [0.29, 0.717) is 19.8 Å². The topological polar surface area (TPSA) is 27.7 Å². The van der Waals surface area contributed by atoms with Gasteiger partial charge < -0.3 is 14.2 Å². The third-order valence-electron chi connectivity index (χ3n) is 3.13. The van der Waals surface area contributed by atoms with Crippen LogP contribution in [-0.2, 0) is 14.2 Å². The summed E-state index contributed by atoms with van der Waals surface area (Å²) in [7, 11) is 0. The number of rotatable bonds is 2. The van der Waals surface area contributed by atoms with Gasteiger partial charge in [0.1, 0.15) is 0 Å². The van der Waals surface area contributed by atoms with E-state index in [9.17, 15) is 0 Å². The van der Waals surface area contributed by atoms with Gasteiger partial charge in [0.05, 0.1) is 25.9 Å². The molecule has 15 heavy (non-hydrogen) atoms. The van der Waals surface area contributed by atoms with Crippen LogP contribution in [0.4, 0.5) is 0 Å². The summed E-state index contributed by atoms with van der Waals surface area (Å²) in [5, 5.41) is 0. The lowest BCUT2D eigenvalue weighted by Gasteiger charge is -2.43. The molecule has 0 aromatic carbocycles. The molecule has 3 heteroatoms. The van der Waals surface area contributed by atoms with Crippen LogP contribution in [-0.4, -0.2) is 32.2 Å². The average Bonchev–Trinajstić information content (AvgIpc) is 2.31. The molecular weight excluding hydrogens is 192 g/mol. The lowest BCUT2D eigenvalue weighted by Crippen LogP contribution is -2.47. The molecule has 0 radical (unpaired) electrons. The zero-order chi connectivity index (χ0) is 10.7. The highest BCUT2D eigenvalue weighted by molar-refractivity contribution is 4.92. The molecule has 1 unspecified atom stereocenters. The van der Waals surface area contributed by atoms with Gasteiger partial charge >= 0.3 is 0 Å². The largest absolute Gasteiger partial charge is 0.373 e. The lowest BCUT2D eigenvalue weighted by molar-refractivity contribution is -0.233. The van der Waals surface area contributed by atoms with Crippen LogP contribution in [0, 0.1) is 5.41 Å². The molecule has 0 N–H and O–H groups in total. The molecule has 2 aliphatic heterocycles.